The largest absolute Gasteiger partial charge is 0.459 e. The van der Waals surface area contributed by atoms with Crippen molar-refractivity contribution in [2.24, 2.45) is 0 Å². The van der Waals surface area contributed by atoms with Gasteiger partial charge in [0.25, 0.3) is 6.47 Å². The van der Waals surface area contributed by atoms with Crippen LogP contribution in [0.25, 0.3) is 0 Å². The maximum absolute atomic E-state index is 10.5. The molecule has 1 rings (SSSR count). The van der Waals surface area contributed by atoms with Gasteiger partial charge < -0.3 is 29.5 Å². The molecule has 7 nitrogen and oxygen atoms in total. The molecule has 1 aliphatic rings. The van der Waals surface area contributed by atoms with Crippen LogP contribution < -0.4 is 0 Å². The van der Waals surface area contributed by atoms with Crippen LogP contribution in [0, 0.1) is 0 Å². The molecule has 0 aromatic heterocycles. The van der Waals surface area contributed by atoms with Gasteiger partial charge in [0, 0.05) is 6.61 Å². The number of carbonyl (C=O) groups excluding carboxylic acids is 1. The fourth-order valence-electron chi connectivity index (χ4n) is 3.21. The van der Waals surface area contributed by atoms with E-state index < -0.39 is 37.3 Å². The van der Waals surface area contributed by atoms with E-state index in [1.54, 1.807) is 0 Å². The molecule has 7 heteroatoms. The van der Waals surface area contributed by atoms with Gasteiger partial charge >= 0.3 is 0 Å². The lowest BCUT2D eigenvalue weighted by Crippen LogP contribution is -2.60. The summed E-state index contributed by atoms with van der Waals surface area (Å²) in [5, 5.41) is 29.3. The van der Waals surface area contributed by atoms with Gasteiger partial charge in [-0.15, -0.1) is 0 Å². The van der Waals surface area contributed by atoms with Crippen molar-refractivity contribution in [1.82, 2.24) is 0 Å². The van der Waals surface area contributed by atoms with Crippen molar-refractivity contribution in [1.29, 1.82) is 0 Å². The highest BCUT2D eigenvalue weighted by molar-refractivity contribution is 5.38. The summed E-state index contributed by atoms with van der Waals surface area (Å²) in [5.74, 6) is 0. The fourth-order valence-corrected chi connectivity index (χ4v) is 3.21. The smallest absolute Gasteiger partial charge is 0.293 e. The Morgan fingerprint density at radius 2 is 1.50 bits per heavy atom. The predicted octanol–water partition coefficient (Wildman–Crippen LogP) is 1.90. The Kier molecular flexibility index (Phi) is 12.9. The molecular formula is C19H36O7. The molecule has 1 aliphatic heterocycles. The van der Waals surface area contributed by atoms with Crippen LogP contribution in [0.5, 0.6) is 0 Å². The van der Waals surface area contributed by atoms with Crippen LogP contribution in [-0.4, -0.2) is 65.7 Å². The Labute approximate surface area is 156 Å². The van der Waals surface area contributed by atoms with Gasteiger partial charge in [0.2, 0.25) is 0 Å². The first-order valence-corrected chi connectivity index (χ1v) is 9.98. The highest BCUT2D eigenvalue weighted by Gasteiger charge is 2.46. The number of ether oxygens (including phenoxy) is 3. The van der Waals surface area contributed by atoms with E-state index in [1.807, 2.05) is 0 Å². The normalized spacial score (nSPS) is 28.8. The van der Waals surface area contributed by atoms with Crippen molar-refractivity contribution in [3.8, 4) is 0 Å². The minimum atomic E-state index is -1.36. The molecule has 1 fully saturated rings. The van der Waals surface area contributed by atoms with E-state index >= 15 is 0 Å². The Bertz CT molecular complexity index is 351. The molecule has 5 atom stereocenters. The lowest BCUT2D eigenvalue weighted by atomic mass is 9.99. The van der Waals surface area contributed by atoms with Crippen molar-refractivity contribution in [2.75, 3.05) is 13.2 Å². The van der Waals surface area contributed by atoms with E-state index in [0.717, 1.165) is 19.3 Å². The maximum atomic E-state index is 10.5. The number of unbranched alkanes of at least 4 members (excludes halogenated alkanes) is 9. The third-order valence-corrected chi connectivity index (χ3v) is 4.81. The highest BCUT2D eigenvalue weighted by atomic mass is 16.7. The van der Waals surface area contributed by atoms with Crippen LogP contribution in [0.15, 0.2) is 0 Å². The first-order valence-electron chi connectivity index (χ1n) is 9.98. The molecule has 1 heterocycles. The maximum Gasteiger partial charge on any atom is 0.293 e. The molecule has 154 valence electrons. The lowest BCUT2D eigenvalue weighted by molar-refractivity contribution is -0.301. The van der Waals surface area contributed by atoms with Gasteiger partial charge in [0.1, 0.15) is 18.3 Å². The number of hydrogen-bond acceptors (Lipinski definition) is 7. The standard InChI is InChI=1S/C19H36O7/c1-2-3-4-5-6-7-8-9-10-11-12-24-19-17(23)16(22)18(25-14-21)15(13-20)26-19/h14-20,22-23H,2-13H2,1H3/t15-,16-,17-,18-,19-/m1/s1. The summed E-state index contributed by atoms with van der Waals surface area (Å²) < 4.78 is 15.6. The Morgan fingerprint density at radius 1 is 0.923 bits per heavy atom. The van der Waals surface area contributed by atoms with E-state index in [0.29, 0.717) is 6.61 Å². The molecule has 1 saturated heterocycles. The van der Waals surface area contributed by atoms with Gasteiger partial charge in [0.05, 0.1) is 6.61 Å². The average molecular weight is 376 g/mol. The fraction of sp³-hybridized carbons (Fsp3) is 0.947. The van der Waals surface area contributed by atoms with Crippen LogP contribution in [0.1, 0.15) is 71.1 Å². The highest BCUT2D eigenvalue weighted by Crippen LogP contribution is 2.24. The van der Waals surface area contributed by atoms with Gasteiger partial charge in [-0.25, -0.2) is 0 Å². The second-order valence-corrected chi connectivity index (χ2v) is 6.96. The summed E-state index contributed by atoms with van der Waals surface area (Å²) >= 11 is 0. The van der Waals surface area contributed by atoms with Crippen LogP contribution >= 0.6 is 0 Å². The van der Waals surface area contributed by atoms with Gasteiger partial charge in [0.15, 0.2) is 12.4 Å². The minimum absolute atomic E-state index is 0.164. The SMILES string of the molecule is CCCCCCCCCCCCO[C@@H]1O[C@H](CO)[C@@H](OC=O)[C@H](O)[C@H]1O. The van der Waals surface area contributed by atoms with Gasteiger partial charge in [-0.05, 0) is 6.42 Å². The molecule has 0 bridgehead atoms. The van der Waals surface area contributed by atoms with Crippen LogP contribution in [0.3, 0.4) is 0 Å². The Hall–Kier alpha value is -0.730. The zero-order valence-electron chi connectivity index (χ0n) is 15.9. The van der Waals surface area contributed by atoms with E-state index in [2.05, 4.69) is 6.92 Å². The zero-order valence-corrected chi connectivity index (χ0v) is 15.9. The topological polar surface area (TPSA) is 105 Å². The van der Waals surface area contributed by atoms with Gasteiger partial charge in [-0.2, -0.15) is 0 Å². The lowest BCUT2D eigenvalue weighted by Gasteiger charge is -2.40. The quantitative estimate of drug-likeness (QED) is 0.296. The van der Waals surface area contributed by atoms with E-state index in [-0.39, 0.29) is 6.47 Å². The Morgan fingerprint density at radius 3 is 2.04 bits per heavy atom. The van der Waals surface area contributed by atoms with Crippen molar-refractivity contribution in [3.05, 3.63) is 0 Å². The molecule has 0 aromatic rings. The van der Waals surface area contributed by atoms with Crippen LogP contribution in [-0.2, 0) is 19.0 Å². The molecule has 0 aliphatic carbocycles. The van der Waals surface area contributed by atoms with Crippen LogP contribution in [0.2, 0.25) is 0 Å². The third kappa shape index (κ3) is 8.31. The van der Waals surface area contributed by atoms with Crippen LogP contribution in [0.4, 0.5) is 0 Å². The molecule has 0 amide bonds. The number of aliphatic hydroxyl groups excluding tert-OH is 3. The monoisotopic (exact) mass is 376 g/mol. The molecular weight excluding hydrogens is 340 g/mol. The molecule has 3 N–H and O–H groups in total. The number of hydrogen-bond donors (Lipinski definition) is 3. The molecule has 0 unspecified atom stereocenters. The first kappa shape index (κ1) is 23.3. The number of rotatable bonds is 15. The minimum Gasteiger partial charge on any atom is -0.459 e. The van der Waals surface area contributed by atoms with E-state index in [1.165, 1.54) is 44.9 Å². The predicted molar refractivity (Wildman–Crippen MR) is 96.5 cm³/mol. The number of aliphatic hydroxyl groups is 3. The van der Waals surface area contributed by atoms with Crippen molar-refractivity contribution < 1.29 is 34.3 Å². The van der Waals surface area contributed by atoms with Crippen molar-refractivity contribution >= 4 is 6.47 Å². The summed E-state index contributed by atoms with van der Waals surface area (Å²) in [6.07, 6.45) is 6.39. The number of carbonyl (C=O) groups is 1. The molecule has 0 aromatic carbocycles. The summed E-state index contributed by atoms with van der Waals surface area (Å²) in [6, 6.07) is 0. The van der Waals surface area contributed by atoms with Gasteiger partial charge in [-0.1, -0.05) is 64.7 Å². The summed E-state index contributed by atoms with van der Waals surface area (Å²) in [7, 11) is 0. The zero-order chi connectivity index (χ0) is 19.2. The van der Waals surface area contributed by atoms with E-state index in [9.17, 15) is 20.1 Å². The second-order valence-electron chi connectivity index (χ2n) is 6.96. The molecule has 0 radical (unpaired) electrons. The Balaban J connectivity index is 2.12. The first-order chi connectivity index (χ1) is 12.7. The van der Waals surface area contributed by atoms with Crippen molar-refractivity contribution in [2.45, 2.75) is 102 Å². The van der Waals surface area contributed by atoms with Crippen molar-refractivity contribution in [3.63, 3.8) is 0 Å². The summed E-state index contributed by atoms with van der Waals surface area (Å²) in [6.45, 7) is 2.35. The molecule has 26 heavy (non-hydrogen) atoms. The second kappa shape index (κ2) is 14.3. The summed E-state index contributed by atoms with van der Waals surface area (Å²) in [4.78, 5) is 10.5. The van der Waals surface area contributed by atoms with E-state index in [4.69, 9.17) is 14.2 Å². The molecule has 0 spiro atoms. The molecule has 0 saturated carbocycles. The average Bonchev–Trinajstić information content (AvgIpc) is 2.65. The van der Waals surface area contributed by atoms with Gasteiger partial charge in [-0.3, -0.25) is 4.79 Å². The third-order valence-electron chi connectivity index (χ3n) is 4.81. The summed E-state index contributed by atoms with van der Waals surface area (Å²) in [5.41, 5.74) is 0.